The van der Waals surface area contributed by atoms with Crippen LogP contribution in [0.1, 0.15) is 43.0 Å². The van der Waals surface area contributed by atoms with E-state index in [1.54, 1.807) is 6.07 Å². The Labute approximate surface area is 197 Å². The lowest BCUT2D eigenvalue weighted by Gasteiger charge is -2.15. The highest BCUT2D eigenvalue weighted by Gasteiger charge is 2.35. The van der Waals surface area contributed by atoms with Crippen LogP contribution < -0.4 is 5.32 Å². The number of phenolic OH excluding ortho intramolecular Hbond substituents is 1. The summed E-state index contributed by atoms with van der Waals surface area (Å²) in [6.45, 7) is 0. The average Bonchev–Trinajstić information content (AvgIpc) is 3.13. The minimum Gasteiger partial charge on any atom is -0.506 e. The lowest BCUT2D eigenvalue weighted by molar-refractivity contribution is -0.137. The predicted molar refractivity (Wildman–Crippen MR) is 114 cm³/mol. The van der Waals surface area contributed by atoms with E-state index in [0.29, 0.717) is 12.1 Å². The molecule has 6 nitrogen and oxygen atoms in total. The summed E-state index contributed by atoms with van der Waals surface area (Å²) < 4.78 is 66.8. The largest absolute Gasteiger partial charge is 0.506 e. The molecule has 3 aromatic carbocycles. The number of carbonyl (C=O) groups excluding carboxylic acids is 2. The van der Waals surface area contributed by atoms with E-state index in [2.05, 4.69) is 10.3 Å². The van der Waals surface area contributed by atoms with Crippen molar-refractivity contribution in [2.75, 3.05) is 5.32 Å². The third kappa shape index (κ3) is 4.31. The fraction of sp³-hybridized carbons (Fsp3) is 0.0435. The zero-order valence-corrected chi connectivity index (χ0v) is 17.7. The highest BCUT2D eigenvalue weighted by atomic mass is 35.5. The number of carbonyl (C=O) groups is 2. The van der Waals surface area contributed by atoms with Crippen molar-refractivity contribution in [1.29, 1.82) is 5.26 Å². The number of fused-ring (bicyclic) bond motifs is 1. The molecule has 2 amide bonds. The van der Waals surface area contributed by atoms with Gasteiger partial charge in [-0.3, -0.25) is 9.59 Å². The van der Waals surface area contributed by atoms with Gasteiger partial charge in [0, 0.05) is 16.7 Å². The SMILES string of the molecule is N#Cc1cc(NC(=O)c2cc(F)cc(C(F)(F)F)c2)c2c(c1O)C(=O)N=C2c1cc(F)ccc1Cl. The number of nitrogens with zero attached hydrogens (tertiary/aromatic N) is 2. The van der Waals surface area contributed by atoms with E-state index in [1.165, 1.54) is 6.07 Å². The summed E-state index contributed by atoms with van der Waals surface area (Å²) in [4.78, 5) is 29.1. The second kappa shape index (κ2) is 8.48. The minimum absolute atomic E-state index is 0.0492. The van der Waals surface area contributed by atoms with Crippen LogP contribution in [0.3, 0.4) is 0 Å². The van der Waals surface area contributed by atoms with Crippen molar-refractivity contribution in [2.45, 2.75) is 6.18 Å². The molecule has 0 aromatic heterocycles. The molecule has 0 fully saturated rings. The van der Waals surface area contributed by atoms with Gasteiger partial charge in [0.15, 0.2) is 0 Å². The highest BCUT2D eigenvalue weighted by molar-refractivity contribution is 6.39. The topological polar surface area (TPSA) is 103 Å². The molecule has 3 aromatic rings. The fourth-order valence-electron chi connectivity index (χ4n) is 3.48. The Morgan fingerprint density at radius 1 is 1.06 bits per heavy atom. The van der Waals surface area contributed by atoms with Crippen molar-refractivity contribution < 1.29 is 36.6 Å². The molecule has 1 heterocycles. The number of rotatable bonds is 3. The molecule has 4 rings (SSSR count). The van der Waals surface area contributed by atoms with Crippen LogP contribution in [-0.2, 0) is 6.18 Å². The third-order valence-corrected chi connectivity index (χ3v) is 5.33. The molecule has 176 valence electrons. The van der Waals surface area contributed by atoms with Crippen molar-refractivity contribution in [1.82, 2.24) is 0 Å². The predicted octanol–water partition coefficient (Wildman–Crippen LogP) is 5.46. The molecule has 0 saturated carbocycles. The molecule has 2 N–H and O–H groups in total. The van der Waals surface area contributed by atoms with Crippen LogP contribution in [0.5, 0.6) is 5.75 Å². The molecule has 0 spiro atoms. The number of amides is 2. The Bertz CT molecular complexity index is 1510. The second-order valence-corrected chi connectivity index (χ2v) is 7.66. The molecule has 1 aliphatic rings. The third-order valence-electron chi connectivity index (χ3n) is 5.00. The number of phenols is 1. The normalized spacial score (nSPS) is 12.7. The van der Waals surface area contributed by atoms with E-state index in [-0.39, 0.29) is 33.6 Å². The first-order valence-corrected chi connectivity index (χ1v) is 9.86. The minimum atomic E-state index is -4.94. The van der Waals surface area contributed by atoms with Gasteiger partial charge in [-0.05, 0) is 42.5 Å². The number of hydrogen-bond donors (Lipinski definition) is 2. The van der Waals surface area contributed by atoms with Crippen LogP contribution in [-0.4, -0.2) is 22.6 Å². The number of halogens is 6. The van der Waals surface area contributed by atoms with E-state index in [9.17, 15) is 41.9 Å². The van der Waals surface area contributed by atoms with Crippen molar-refractivity contribution in [3.63, 3.8) is 0 Å². The monoisotopic (exact) mass is 505 g/mol. The highest BCUT2D eigenvalue weighted by Crippen LogP contribution is 2.39. The maximum atomic E-state index is 13.9. The van der Waals surface area contributed by atoms with Crippen LogP contribution in [0.15, 0.2) is 47.5 Å². The van der Waals surface area contributed by atoms with E-state index in [1.807, 2.05) is 0 Å². The van der Waals surface area contributed by atoms with Crippen molar-refractivity contribution in [3.8, 4) is 11.8 Å². The van der Waals surface area contributed by atoms with Crippen LogP contribution in [0.2, 0.25) is 5.02 Å². The molecule has 1 aliphatic heterocycles. The first-order valence-electron chi connectivity index (χ1n) is 9.48. The van der Waals surface area contributed by atoms with E-state index in [4.69, 9.17) is 11.6 Å². The Hall–Kier alpha value is -4.30. The van der Waals surface area contributed by atoms with Gasteiger partial charge in [0.25, 0.3) is 11.8 Å². The molecule has 0 radical (unpaired) electrons. The number of aromatic hydroxyl groups is 1. The summed E-state index contributed by atoms with van der Waals surface area (Å²) in [6, 6.07) is 6.87. The molecule has 0 unspecified atom stereocenters. The van der Waals surface area contributed by atoms with Crippen molar-refractivity contribution >= 4 is 34.8 Å². The van der Waals surface area contributed by atoms with Gasteiger partial charge in [0.1, 0.15) is 23.5 Å². The molecule has 0 aliphatic carbocycles. The Morgan fingerprint density at radius 2 is 1.77 bits per heavy atom. The van der Waals surface area contributed by atoms with E-state index >= 15 is 0 Å². The lowest BCUT2D eigenvalue weighted by Crippen LogP contribution is -2.17. The number of benzene rings is 3. The van der Waals surface area contributed by atoms with E-state index < -0.39 is 57.6 Å². The van der Waals surface area contributed by atoms with Gasteiger partial charge in [-0.15, -0.1) is 0 Å². The number of nitrogens with one attached hydrogen (secondary N) is 1. The molecule has 0 atom stereocenters. The Balaban J connectivity index is 1.88. The molecular formula is C23H9ClF5N3O3. The van der Waals surface area contributed by atoms with Gasteiger partial charge in [0.2, 0.25) is 0 Å². The fourth-order valence-corrected chi connectivity index (χ4v) is 3.68. The lowest BCUT2D eigenvalue weighted by atomic mass is 9.94. The number of hydrogen-bond acceptors (Lipinski definition) is 4. The maximum Gasteiger partial charge on any atom is 0.416 e. The van der Waals surface area contributed by atoms with Gasteiger partial charge in [-0.2, -0.15) is 18.4 Å². The smallest absolute Gasteiger partial charge is 0.416 e. The summed E-state index contributed by atoms with van der Waals surface area (Å²) in [5, 5.41) is 21.9. The first kappa shape index (κ1) is 23.8. The van der Waals surface area contributed by atoms with E-state index in [0.717, 1.165) is 18.2 Å². The molecule has 0 bridgehead atoms. The summed E-state index contributed by atoms with van der Waals surface area (Å²) >= 11 is 6.11. The summed E-state index contributed by atoms with van der Waals surface area (Å²) in [6.07, 6.45) is -4.94. The summed E-state index contributed by atoms with van der Waals surface area (Å²) in [5.74, 6) is -5.12. The van der Waals surface area contributed by atoms with Crippen molar-refractivity contribution in [2.24, 2.45) is 4.99 Å². The number of anilines is 1. The van der Waals surface area contributed by atoms with Crippen molar-refractivity contribution in [3.05, 3.63) is 92.5 Å². The first-order chi connectivity index (χ1) is 16.4. The molecule has 0 saturated heterocycles. The average molecular weight is 506 g/mol. The second-order valence-electron chi connectivity index (χ2n) is 7.25. The number of nitriles is 1. The van der Waals surface area contributed by atoms with Crippen LogP contribution in [0.25, 0.3) is 0 Å². The zero-order chi connectivity index (χ0) is 25.7. The van der Waals surface area contributed by atoms with Gasteiger partial charge < -0.3 is 10.4 Å². The van der Waals surface area contributed by atoms with Gasteiger partial charge >= 0.3 is 6.18 Å². The maximum absolute atomic E-state index is 13.9. The number of aliphatic imine (C=N–C) groups is 1. The van der Waals surface area contributed by atoms with Crippen LogP contribution >= 0.6 is 11.6 Å². The molecule has 35 heavy (non-hydrogen) atoms. The molecule has 12 heteroatoms. The Kier molecular flexibility index (Phi) is 5.78. The van der Waals surface area contributed by atoms with Gasteiger partial charge in [-0.25, -0.2) is 13.8 Å². The number of alkyl halides is 3. The Morgan fingerprint density at radius 3 is 2.43 bits per heavy atom. The summed E-state index contributed by atoms with van der Waals surface area (Å²) in [5.41, 5.74) is -4.05. The van der Waals surface area contributed by atoms with Gasteiger partial charge in [-0.1, -0.05) is 11.6 Å². The van der Waals surface area contributed by atoms with Crippen LogP contribution in [0.4, 0.5) is 27.6 Å². The quantitative estimate of drug-likeness (QED) is 0.364. The zero-order valence-electron chi connectivity index (χ0n) is 17.0. The van der Waals surface area contributed by atoms with Crippen LogP contribution in [0, 0.1) is 23.0 Å². The summed E-state index contributed by atoms with van der Waals surface area (Å²) in [7, 11) is 0. The van der Waals surface area contributed by atoms with Gasteiger partial charge in [0.05, 0.1) is 33.1 Å². The molecular weight excluding hydrogens is 497 g/mol. The standard InChI is InChI=1S/C23H9ClF5N3O3/c24-15-2-1-12(25)7-14(15)19-17-16(5-10(8-30)20(33)18(17)22(35)32-19)31-21(34)9-3-11(23(27,28)29)6-13(26)4-9/h1-7,33H,(H,31,34).